The Morgan fingerprint density at radius 2 is 1.79 bits per heavy atom. The Bertz CT molecular complexity index is 367. The van der Waals surface area contributed by atoms with E-state index < -0.39 is 0 Å². The second kappa shape index (κ2) is 2.99. The van der Waals surface area contributed by atoms with Gasteiger partial charge in [-0.2, -0.15) is 0 Å². The molecule has 1 aromatic carbocycles. The third-order valence-corrected chi connectivity index (χ3v) is 3.36. The standard InChI is InChI=1S/C12H17NO/c1-8-6-10(11(14)7-9(8)2)12(13-3)4-5-12/h6-7,13-14H,4-5H2,1-3H3. The van der Waals surface area contributed by atoms with Crippen LogP contribution in [0.3, 0.4) is 0 Å². The number of hydrogen-bond donors (Lipinski definition) is 2. The van der Waals surface area contributed by atoms with Crippen molar-refractivity contribution in [3.05, 3.63) is 28.8 Å². The van der Waals surface area contributed by atoms with E-state index >= 15 is 0 Å². The molecular formula is C12H17NO. The molecule has 14 heavy (non-hydrogen) atoms. The van der Waals surface area contributed by atoms with Crippen molar-refractivity contribution < 1.29 is 5.11 Å². The molecule has 1 aliphatic carbocycles. The minimum atomic E-state index is 0.0581. The first-order valence-corrected chi connectivity index (χ1v) is 5.09. The molecule has 0 aromatic heterocycles. The van der Waals surface area contributed by atoms with Crippen LogP contribution in [0.25, 0.3) is 0 Å². The fourth-order valence-electron chi connectivity index (χ4n) is 1.96. The minimum Gasteiger partial charge on any atom is -0.508 e. The summed E-state index contributed by atoms with van der Waals surface area (Å²) in [5.41, 5.74) is 3.52. The molecule has 0 saturated heterocycles. The summed E-state index contributed by atoms with van der Waals surface area (Å²) in [4.78, 5) is 0. The molecule has 0 spiro atoms. The van der Waals surface area contributed by atoms with Crippen LogP contribution in [-0.2, 0) is 5.54 Å². The van der Waals surface area contributed by atoms with E-state index in [2.05, 4.69) is 18.3 Å². The number of aryl methyl sites for hydroxylation is 2. The number of benzene rings is 1. The van der Waals surface area contributed by atoms with Crippen molar-refractivity contribution in [2.24, 2.45) is 0 Å². The zero-order valence-corrected chi connectivity index (χ0v) is 9.02. The van der Waals surface area contributed by atoms with Gasteiger partial charge >= 0.3 is 0 Å². The zero-order valence-electron chi connectivity index (χ0n) is 9.02. The Labute approximate surface area is 85.0 Å². The van der Waals surface area contributed by atoms with Gasteiger partial charge in [-0.05, 0) is 50.9 Å². The fraction of sp³-hybridized carbons (Fsp3) is 0.500. The van der Waals surface area contributed by atoms with Gasteiger partial charge in [-0.25, -0.2) is 0 Å². The Morgan fingerprint density at radius 1 is 1.21 bits per heavy atom. The lowest BCUT2D eigenvalue weighted by Crippen LogP contribution is -2.24. The van der Waals surface area contributed by atoms with Gasteiger partial charge in [0.25, 0.3) is 0 Å². The molecule has 1 saturated carbocycles. The molecule has 76 valence electrons. The molecule has 2 heteroatoms. The van der Waals surface area contributed by atoms with E-state index in [0.29, 0.717) is 5.75 Å². The van der Waals surface area contributed by atoms with Crippen molar-refractivity contribution in [2.75, 3.05) is 7.05 Å². The van der Waals surface area contributed by atoms with E-state index in [1.807, 2.05) is 20.0 Å². The summed E-state index contributed by atoms with van der Waals surface area (Å²) < 4.78 is 0. The molecule has 2 N–H and O–H groups in total. The summed E-state index contributed by atoms with van der Waals surface area (Å²) in [5.74, 6) is 0.431. The quantitative estimate of drug-likeness (QED) is 0.751. The highest BCUT2D eigenvalue weighted by Gasteiger charge is 2.44. The molecule has 1 fully saturated rings. The molecule has 1 aromatic rings. The number of rotatable bonds is 2. The number of phenolic OH excluding ortho intramolecular Hbond substituents is 1. The van der Waals surface area contributed by atoms with Crippen LogP contribution in [0.2, 0.25) is 0 Å². The van der Waals surface area contributed by atoms with Crippen LogP contribution in [0.15, 0.2) is 12.1 Å². The maximum absolute atomic E-state index is 9.88. The number of aromatic hydroxyl groups is 1. The maximum atomic E-state index is 9.88. The first-order valence-electron chi connectivity index (χ1n) is 5.09. The second-order valence-corrected chi connectivity index (χ2v) is 4.29. The molecule has 1 aliphatic rings. The molecule has 2 rings (SSSR count). The van der Waals surface area contributed by atoms with Crippen LogP contribution in [0, 0.1) is 13.8 Å². The lowest BCUT2D eigenvalue weighted by molar-refractivity contribution is 0.448. The lowest BCUT2D eigenvalue weighted by Gasteiger charge is -2.17. The first kappa shape index (κ1) is 9.53. The molecule has 0 radical (unpaired) electrons. The van der Waals surface area contributed by atoms with Gasteiger partial charge in [0.1, 0.15) is 5.75 Å². The van der Waals surface area contributed by atoms with E-state index in [0.717, 1.165) is 24.0 Å². The topological polar surface area (TPSA) is 32.3 Å². The predicted molar refractivity (Wildman–Crippen MR) is 57.6 cm³/mol. The van der Waals surface area contributed by atoms with Crippen LogP contribution in [0.5, 0.6) is 5.75 Å². The van der Waals surface area contributed by atoms with Crippen LogP contribution in [0.4, 0.5) is 0 Å². The predicted octanol–water partition coefficient (Wildman–Crippen LogP) is 2.22. The summed E-state index contributed by atoms with van der Waals surface area (Å²) in [7, 11) is 1.96. The highest BCUT2D eigenvalue weighted by molar-refractivity contribution is 5.47. The first-order chi connectivity index (χ1) is 6.59. The SMILES string of the molecule is CNC1(c2cc(C)c(C)cc2O)CC1. The van der Waals surface area contributed by atoms with Crippen molar-refractivity contribution in [1.82, 2.24) is 5.32 Å². The Kier molecular flexibility index (Phi) is 2.04. The molecular weight excluding hydrogens is 174 g/mol. The van der Waals surface area contributed by atoms with E-state index in [1.165, 1.54) is 5.56 Å². The average molecular weight is 191 g/mol. The summed E-state index contributed by atoms with van der Waals surface area (Å²) in [5, 5.41) is 13.2. The third kappa shape index (κ3) is 1.30. The van der Waals surface area contributed by atoms with Crippen molar-refractivity contribution in [3.63, 3.8) is 0 Å². The minimum absolute atomic E-state index is 0.0581. The van der Waals surface area contributed by atoms with E-state index in [4.69, 9.17) is 0 Å². The van der Waals surface area contributed by atoms with Crippen molar-refractivity contribution in [1.29, 1.82) is 0 Å². The molecule has 0 heterocycles. The molecule has 2 nitrogen and oxygen atoms in total. The highest BCUT2D eigenvalue weighted by Crippen LogP contribution is 2.48. The van der Waals surface area contributed by atoms with E-state index in [-0.39, 0.29) is 5.54 Å². The largest absolute Gasteiger partial charge is 0.508 e. The normalized spacial score (nSPS) is 18.2. The summed E-state index contributed by atoms with van der Waals surface area (Å²) in [6.45, 7) is 4.11. The Hall–Kier alpha value is -1.02. The number of hydrogen-bond acceptors (Lipinski definition) is 2. The van der Waals surface area contributed by atoms with Crippen LogP contribution in [0.1, 0.15) is 29.5 Å². The van der Waals surface area contributed by atoms with Crippen molar-refractivity contribution in [2.45, 2.75) is 32.2 Å². The van der Waals surface area contributed by atoms with Gasteiger partial charge in [0.05, 0.1) is 0 Å². The Morgan fingerprint density at radius 3 is 2.29 bits per heavy atom. The third-order valence-electron chi connectivity index (χ3n) is 3.36. The second-order valence-electron chi connectivity index (χ2n) is 4.29. The van der Waals surface area contributed by atoms with E-state index in [1.54, 1.807) is 0 Å². The maximum Gasteiger partial charge on any atom is 0.120 e. The van der Waals surface area contributed by atoms with Gasteiger partial charge < -0.3 is 10.4 Å². The fourth-order valence-corrected chi connectivity index (χ4v) is 1.96. The number of phenols is 1. The van der Waals surface area contributed by atoms with Crippen LogP contribution < -0.4 is 5.32 Å². The van der Waals surface area contributed by atoms with Gasteiger partial charge in [-0.3, -0.25) is 0 Å². The highest BCUT2D eigenvalue weighted by atomic mass is 16.3. The molecule has 0 bridgehead atoms. The smallest absolute Gasteiger partial charge is 0.120 e. The lowest BCUT2D eigenvalue weighted by atomic mass is 9.98. The Balaban J connectivity index is 2.49. The average Bonchev–Trinajstić information content (AvgIpc) is 2.92. The van der Waals surface area contributed by atoms with Gasteiger partial charge in [0.2, 0.25) is 0 Å². The van der Waals surface area contributed by atoms with Crippen molar-refractivity contribution in [3.8, 4) is 5.75 Å². The van der Waals surface area contributed by atoms with Gasteiger partial charge in [-0.1, -0.05) is 6.07 Å². The summed E-state index contributed by atoms with van der Waals surface area (Å²) in [6, 6.07) is 3.97. The molecule has 0 amide bonds. The zero-order chi connectivity index (χ0) is 10.3. The van der Waals surface area contributed by atoms with Crippen LogP contribution >= 0.6 is 0 Å². The van der Waals surface area contributed by atoms with Gasteiger partial charge in [0.15, 0.2) is 0 Å². The van der Waals surface area contributed by atoms with Gasteiger partial charge in [-0.15, -0.1) is 0 Å². The van der Waals surface area contributed by atoms with Crippen molar-refractivity contribution >= 4 is 0 Å². The van der Waals surface area contributed by atoms with Crippen LogP contribution in [-0.4, -0.2) is 12.2 Å². The summed E-state index contributed by atoms with van der Waals surface area (Å²) >= 11 is 0. The van der Waals surface area contributed by atoms with Gasteiger partial charge in [0, 0.05) is 11.1 Å². The number of nitrogens with one attached hydrogen (secondary N) is 1. The molecule has 0 atom stereocenters. The molecule has 0 aliphatic heterocycles. The molecule has 0 unspecified atom stereocenters. The van der Waals surface area contributed by atoms with E-state index in [9.17, 15) is 5.11 Å². The monoisotopic (exact) mass is 191 g/mol. The summed E-state index contributed by atoms with van der Waals surface area (Å²) in [6.07, 6.45) is 2.25.